The molecule has 1 aliphatic heterocycles. The molecule has 1 saturated heterocycles. The summed E-state index contributed by atoms with van der Waals surface area (Å²) in [7, 11) is 2.94. The van der Waals surface area contributed by atoms with E-state index in [-0.39, 0.29) is 22.2 Å². The van der Waals surface area contributed by atoms with Crippen LogP contribution in [0.2, 0.25) is 0 Å². The van der Waals surface area contributed by atoms with Crippen molar-refractivity contribution in [1.82, 2.24) is 9.88 Å². The second-order valence-corrected chi connectivity index (χ2v) is 10.3. The maximum atomic E-state index is 13.7. The summed E-state index contributed by atoms with van der Waals surface area (Å²) in [6.07, 6.45) is 1.49. The van der Waals surface area contributed by atoms with Gasteiger partial charge in [0.05, 0.1) is 35.8 Å². The summed E-state index contributed by atoms with van der Waals surface area (Å²) < 4.78 is 18.3. The number of nitrogens with one attached hydrogen (secondary N) is 1. The molecule has 0 bridgehead atoms. The van der Waals surface area contributed by atoms with Crippen molar-refractivity contribution in [2.45, 2.75) is 13.8 Å². The third-order valence-electron chi connectivity index (χ3n) is 7.17. The molecule has 4 aromatic rings. The molecule has 234 valence electrons. The number of thiocarbonyl (C=S) groups is 1. The van der Waals surface area contributed by atoms with E-state index in [4.69, 9.17) is 26.4 Å². The first-order chi connectivity index (χ1) is 21.9. The average molecular weight is 644 g/mol. The highest BCUT2D eigenvalue weighted by Crippen LogP contribution is 2.36. The Kier molecular flexibility index (Phi) is 8.51. The van der Waals surface area contributed by atoms with Gasteiger partial charge < -0.3 is 18.8 Å². The number of ether oxygens (including phenoxy) is 3. The lowest BCUT2D eigenvalue weighted by molar-refractivity contribution is -0.394. The quantitative estimate of drug-likeness (QED) is 0.0802. The fourth-order valence-corrected chi connectivity index (χ4v) is 5.24. The largest absolute Gasteiger partial charge is 0.497 e. The lowest BCUT2D eigenvalue weighted by atomic mass is 10.1. The van der Waals surface area contributed by atoms with Gasteiger partial charge in [0.1, 0.15) is 22.8 Å². The molecule has 46 heavy (non-hydrogen) atoms. The number of anilines is 1. The summed E-state index contributed by atoms with van der Waals surface area (Å²) in [6.45, 7) is 3.68. The zero-order chi connectivity index (χ0) is 33.3. The monoisotopic (exact) mass is 643 g/mol. The van der Waals surface area contributed by atoms with Crippen molar-refractivity contribution in [3.05, 3.63) is 109 Å². The number of carbonyl (C=O) groups excluding carboxylic acids is 2. The standard InChI is InChI=1S/C31H25N5O9S/c1-17-13-19(14-24-29(37)32-31(46)34(30(24)38)25-11-10-23(43-3)16-28(25)44-4)18(2)33(17)20-5-8-22(9-6-20)45-27-12-7-21(35(39)40)15-26(27)36(41)42/h5-16H,1-4H3,(H,32,37,46)/b24-14+. The predicted molar refractivity (Wildman–Crippen MR) is 171 cm³/mol. The Morgan fingerprint density at radius 1 is 0.848 bits per heavy atom. The minimum atomic E-state index is -0.753. The fraction of sp³-hybridized carbons (Fsp3) is 0.129. The molecule has 2 amide bonds. The zero-order valence-corrected chi connectivity index (χ0v) is 25.6. The van der Waals surface area contributed by atoms with Gasteiger partial charge in [0.25, 0.3) is 17.5 Å². The number of amides is 2. The molecule has 3 aromatic carbocycles. The number of rotatable bonds is 9. The Morgan fingerprint density at radius 3 is 2.17 bits per heavy atom. The Morgan fingerprint density at radius 2 is 1.54 bits per heavy atom. The van der Waals surface area contributed by atoms with Gasteiger partial charge in [0.2, 0.25) is 5.75 Å². The normalized spacial score (nSPS) is 13.9. The van der Waals surface area contributed by atoms with E-state index in [1.807, 2.05) is 24.5 Å². The van der Waals surface area contributed by atoms with E-state index < -0.39 is 33.0 Å². The molecule has 14 nitrogen and oxygen atoms in total. The van der Waals surface area contributed by atoms with E-state index in [0.717, 1.165) is 17.8 Å². The summed E-state index contributed by atoms with van der Waals surface area (Å²) in [4.78, 5) is 48.9. The molecular formula is C31H25N5O9S. The number of aryl methyl sites for hydroxylation is 1. The first kappa shape index (κ1) is 31.3. The van der Waals surface area contributed by atoms with Gasteiger partial charge in [-0.2, -0.15) is 0 Å². The molecule has 0 spiro atoms. The van der Waals surface area contributed by atoms with Gasteiger partial charge in [-0.15, -0.1) is 0 Å². The van der Waals surface area contributed by atoms with Gasteiger partial charge in [0.15, 0.2) is 5.11 Å². The highest BCUT2D eigenvalue weighted by Gasteiger charge is 2.36. The molecule has 5 rings (SSSR count). The van der Waals surface area contributed by atoms with Crippen molar-refractivity contribution in [2.24, 2.45) is 0 Å². The molecular weight excluding hydrogens is 618 g/mol. The van der Waals surface area contributed by atoms with E-state index in [0.29, 0.717) is 34.1 Å². The van der Waals surface area contributed by atoms with Gasteiger partial charge in [-0.1, -0.05) is 0 Å². The molecule has 0 saturated carbocycles. The SMILES string of the molecule is COc1ccc(N2C(=O)/C(=C/c3cc(C)n(-c4ccc(Oc5ccc([N+](=O)[O-])cc5[N+](=O)[O-])cc4)c3C)C(=O)NC2=S)c(OC)c1. The summed E-state index contributed by atoms with van der Waals surface area (Å²) in [5.74, 6) is -0.342. The van der Waals surface area contributed by atoms with E-state index in [2.05, 4.69) is 5.32 Å². The topological polar surface area (TPSA) is 168 Å². The number of nitro groups is 2. The molecule has 0 atom stereocenters. The van der Waals surface area contributed by atoms with Crippen LogP contribution in [0.25, 0.3) is 11.8 Å². The Bertz CT molecular complexity index is 1970. The minimum Gasteiger partial charge on any atom is -0.497 e. The number of benzene rings is 3. The van der Waals surface area contributed by atoms with Gasteiger partial charge in [-0.3, -0.25) is 35.1 Å². The second-order valence-electron chi connectivity index (χ2n) is 9.92. The van der Waals surface area contributed by atoms with Crippen LogP contribution in [-0.2, 0) is 9.59 Å². The number of non-ortho nitro benzene ring substituents is 1. The van der Waals surface area contributed by atoms with Crippen molar-refractivity contribution < 1.29 is 33.6 Å². The predicted octanol–water partition coefficient (Wildman–Crippen LogP) is 5.55. The van der Waals surface area contributed by atoms with Crippen LogP contribution in [0.1, 0.15) is 17.0 Å². The maximum Gasteiger partial charge on any atom is 0.318 e. The molecule has 0 aliphatic carbocycles. The molecule has 1 N–H and O–H groups in total. The van der Waals surface area contributed by atoms with Crippen LogP contribution in [-0.4, -0.2) is 45.6 Å². The Hall–Kier alpha value is -6.09. The van der Waals surface area contributed by atoms with Crippen molar-refractivity contribution >= 4 is 52.3 Å². The highest BCUT2D eigenvalue weighted by molar-refractivity contribution is 7.80. The number of nitro benzene ring substituents is 2. The first-order valence-corrected chi connectivity index (χ1v) is 13.9. The van der Waals surface area contributed by atoms with E-state index in [1.54, 1.807) is 42.5 Å². The second kappa shape index (κ2) is 12.5. The van der Waals surface area contributed by atoms with Gasteiger partial charge in [-0.25, -0.2) is 4.90 Å². The van der Waals surface area contributed by atoms with E-state index >= 15 is 0 Å². The van der Waals surface area contributed by atoms with Crippen LogP contribution in [0.3, 0.4) is 0 Å². The number of hydrogen-bond donors (Lipinski definition) is 1. The number of carbonyl (C=O) groups is 2. The maximum absolute atomic E-state index is 13.7. The smallest absolute Gasteiger partial charge is 0.318 e. The van der Waals surface area contributed by atoms with Crippen LogP contribution in [0.5, 0.6) is 23.0 Å². The average Bonchev–Trinajstić information content (AvgIpc) is 3.31. The molecule has 15 heteroatoms. The Balaban J connectivity index is 1.44. The van der Waals surface area contributed by atoms with Crippen LogP contribution in [0.4, 0.5) is 17.1 Å². The molecule has 0 radical (unpaired) electrons. The van der Waals surface area contributed by atoms with Crippen LogP contribution >= 0.6 is 12.2 Å². The van der Waals surface area contributed by atoms with Gasteiger partial charge in [0, 0.05) is 29.2 Å². The van der Waals surface area contributed by atoms with Gasteiger partial charge in [-0.05, 0) is 86.2 Å². The third-order valence-corrected chi connectivity index (χ3v) is 7.46. The summed E-state index contributed by atoms with van der Waals surface area (Å²) >= 11 is 5.34. The summed E-state index contributed by atoms with van der Waals surface area (Å²) in [5.41, 5.74) is 2.03. The van der Waals surface area contributed by atoms with Crippen molar-refractivity contribution in [2.75, 3.05) is 19.1 Å². The number of methoxy groups -OCH3 is 2. The van der Waals surface area contributed by atoms with Gasteiger partial charge >= 0.3 is 5.69 Å². The zero-order valence-electron chi connectivity index (χ0n) is 24.8. The minimum absolute atomic E-state index is 0.0949. The van der Waals surface area contributed by atoms with E-state index in [9.17, 15) is 29.8 Å². The molecule has 1 fully saturated rings. The third kappa shape index (κ3) is 5.86. The van der Waals surface area contributed by atoms with Crippen molar-refractivity contribution in [3.8, 4) is 28.7 Å². The summed E-state index contributed by atoms with van der Waals surface area (Å²) in [6, 6.07) is 16.4. The fourth-order valence-electron chi connectivity index (χ4n) is 4.97. The number of hydrogen-bond acceptors (Lipinski definition) is 10. The molecule has 2 heterocycles. The molecule has 1 aromatic heterocycles. The first-order valence-electron chi connectivity index (χ1n) is 13.5. The number of nitrogens with zero attached hydrogens (tertiary/aromatic N) is 4. The van der Waals surface area contributed by atoms with Crippen molar-refractivity contribution in [1.29, 1.82) is 0 Å². The summed E-state index contributed by atoms with van der Waals surface area (Å²) in [5, 5.41) is 25.0. The highest BCUT2D eigenvalue weighted by atomic mass is 32.1. The Labute approximate surface area is 266 Å². The van der Waals surface area contributed by atoms with Crippen LogP contribution in [0.15, 0.2) is 72.3 Å². The van der Waals surface area contributed by atoms with Crippen LogP contribution in [0, 0.1) is 34.1 Å². The molecule has 1 aliphatic rings. The van der Waals surface area contributed by atoms with E-state index in [1.165, 1.54) is 31.3 Å². The lowest BCUT2D eigenvalue weighted by Gasteiger charge is -2.30. The lowest BCUT2D eigenvalue weighted by Crippen LogP contribution is -2.54. The van der Waals surface area contributed by atoms with Crippen LogP contribution < -0.4 is 24.4 Å². The number of aromatic nitrogens is 1. The molecule has 0 unspecified atom stereocenters. The van der Waals surface area contributed by atoms with Crippen molar-refractivity contribution in [3.63, 3.8) is 0 Å².